The van der Waals surface area contributed by atoms with Gasteiger partial charge in [0.25, 0.3) is 5.69 Å². The van der Waals surface area contributed by atoms with E-state index in [-0.39, 0.29) is 35.3 Å². The maximum Gasteiger partial charge on any atom is 0.269 e. The molecule has 24 heavy (non-hydrogen) atoms. The monoisotopic (exact) mass is 373 g/mol. The number of likely N-dealkylation sites (tertiary alicyclic amines) is 1. The van der Waals surface area contributed by atoms with Crippen LogP contribution < -0.4 is 5.73 Å². The van der Waals surface area contributed by atoms with Crippen LogP contribution in [0.25, 0.3) is 0 Å². The summed E-state index contributed by atoms with van der Waals surface area (Å²) in [5, 5.41) is 10.4. The van der Waals surface area contributed by atoms with Crippen LogP contribution >= 0.6 is 24.2 Å². The summed E-state index contributed by atoms with van der Waals surface area (Å²) in [6.45, 7) is 5.32. The topological polar surface area (TPSA) is 89.5 Å². The fourth-order valence-electron chi connectivity index (χ4n) is 2.90. The molecule has 3 atom stereocenters. The molecule has 1 aromatic rings. The lowest BCUT2D eigenvalue weighted by molar-refractivity contribution is -0.384. The van der Waals surface area contributed by atoms with E-state index < -0.39 is 4.92 Å². The molecule has 0 spiro atoms. The van der Waals surface area contributed by atoms with E-state index >= 15 is 0 Å². The average molecular weight is 374 g/mol. The van der Waals surface area contributed by atoms with Crippen molar-refractivity contribution in [1.29, 1.82) is 0 Å². The molecule has 0 saturated carbocycles. The molecule has 6 nitrogen and oxygen atoms in total. The summed E-state index contributed by atoms with van der Waals surface area (Å²) in [6, 6.07) is 6.41. The zero-order valence-corrected chi connectivity index (χ0v) is 15.5. The molecule has 0 bridgehead atoms. The van der Waals surface area contributed by atoms with Gasteiger partial charge < -0.3 is 10.6 Å². The molecule has 1 amide bonds. The van der Waals surface area contributed by atoms with E-state index in [1.807, 2.05) is 11.8 Å². The second kappa shape index (κ2) is 9.25. The van der Waals surface area contributed by atoms with Gasteiger partial charge in [-0.2, -0.15) is 0 Å². The van der Waals surface area contributed by atoms with Gasteiger partial charge in [0.2, 0.25) is 5.91 Å². The Bertz CT molecular complexity index is 570. The lowest BCUT2D eigenvalue weighted by atomic mass is 9.92. The fourth-order valence-corrected chi connectivity index (χ4v) is 3.84. The van der Waals surface area contributed by atoms with Gasteiger partial charge in [0.1, 0.15) is 0 Å². The predicted octanol–water partition coefficient (Wildman–Crippen LogP) is 3.08. The quantitative estimate of drug-likeness (QED) is 0.486. The van der Waals surface area contributed by atoms with Crippen molar-refractivity contribution >= 4 is 35.8 Å². The summed E-state index contributed by atoms with van der Waals surface area (Å²) in [4.78, 5) is 25.7. The van der Waals surface area contributed by atoms with Crippen molar-refractivity contribution in [2.75, 3.05) is 13.1 Å². The largest absolute Gasteiger partial charge is 0.337 e. The number of thioether (sulfide) groups is 1. The Morgan fingerprint density at radius 3 is 2.62 bits per heavy atom. The van der Waals surface area contributed by atoms with Crippen LogP contribution in [0.1, 0.15) is 26.7 Å². The second-order valence-corrected chi connectivity index (χ2v) is 7.48. The third-order valence-electron chi connectivity index (χ3n) is 4.24. The first-order valence-corrected chi connectivity index (χ1v) is 8.72. The molecule has 1 fully saturated rings. The van der Waals surface area contributed by atoms with Crippen molar-refractivity contribution < 1.29 is 9.72 Å². The van der Waals surface area contributed by atoms with Crippen LogP contribution in [0.2, 0.25) is 0 Å². The van der Waals surface area contributed by atoms with E-state index in [0.717, 1.165) is 24.3 Å². The van der Waals surface area contributed by atoms with Crippen LogP contribution in [0.3, 0.4) is 0 Å². The maximum absolute atomic E-state index is 12.7. The Kier molecular flexibility index (Phi) is 7.99. The van der Waals surface area contributed by atoms with Crippen LogP contribution in [-0.4, -0.2) is 40.1 Å². The predicted molar refractivity (Wildman–Crippen MR) is 98.6 cm³/mol. The summed E-state index contributed by atoms with van der Waals surface area (Å²) in [5.74, 6) is 0.695. The number of carbonyl (C=O) groups excluding carboxylic acids is 1. The molecule has 1 aliphatic heterocycles. The molecule has 2 rings (SSSR count). The number of rotatable bonds is 5. The molecular formula is C16H24ClN3O3S. The molecule has 8 heteroatoms. The molecule has 1 saturated heterocycles. The van der Waals surface area contributed by atoms with Gasteiger partial charge in [0.15, 0.2) is 0 Å². The first kappa shape index (κ1) is 20.7. The summed E-state index contributed by atoms with van der Waals surface area (Å²) < 4.78 is 0. The number of non-ortho nitro benzene ring substituents is 1. The number of carbonyl (C=O) groups is 1. The molecular weight excluding hydrogens is 350 g/mol. The highest BCUT2D eigenvalue weighted by molar-refractivity contribution is 8.00. The lowest BCUT2D eigenvalue weighted by Crippen LogP contribution is -2.51. The second-order valence-electron chi connectivity index (χ2n) is 6.06. The van der Waals surface area contributed by atoms with E-state index in [1.54, 1.807) is 12.1 Å². The number of piperidine rings is 1. The van der Waals surface area contributed by atoms with Crippen molar-refractivity contribution in [3.05, 3.63) is 34.4 Å². The van der Waals surface area contributed by atoms with E-state index in [1.165, 1.54) is 23.9 Å². The Morgan fingerprint density at radius 2 is 2.08 bits per heavy atom. The van der Waals surface area contributed by atoms with Gasteiger partial charge in [0, 0.05) is 36.2 Å². The van der Waals surface area contributed by atoms with Gasteiger partial charge in [-0.1, -0.05) is 6.92 Å². The normalized spacial score (nSPS) is 21.7. The van der Waals surface area contributed by atoms with Crippen LogP contribution in [0.5, 0.6) is 0 Å². The number of benzene rings is 1. The van der Waals surface area contributed by atoms with Crippen molar-refractivity contribution in [1.82, 2.24) is 4.90 Å². The highest BCUT2D eigenvalue weighted by atomic mass is 35.5. The average Bonchev–Trinajstić information content (AvgIpc) is 2.54. The highest BCUT2D eigenvalue weighted by Gasteiger charge is 2.31. The fraction of sp³-hybridized carbons (Fsp3) is 0.562. The minimum atomic E-state index is -0.427. The van der Waals surface area contributed by atoms with Gasteiger partial charge >= 0.3 is 0 Å². The van der Waals surface area contributed by atoms with E-state index in [9.17, 15) is 14.9 Å². The smallest absolute Gasteiger partial charge is 0.269 e. The molecule has 134 valence electrons. The van der Waals surface area contributed by atoms with Gasteiger partial charge in [-0.25, -0.2) is 0 Å². The zero-order chi connectivity index (χ0) is 17.0. The number of nitro benzene ring substituents is 1. The number of halogens is 1. The van der Waals surface area contributed by atoms with Crippen LogP contribution in [0, 0.1) is 16.0 Å². The molecule has 1 aromatic carbocycles. The molecule has 1 aliphatic rings. The lowest BCUT2D eigenvalue weighted by Gasteiger charge is -2.39. The van der Waals surface area contributed by atoms with E-state index in [0.29, 0.717) is 12.5 Å². The summed E-state index contributed by atoms with van der Waals surface area (Å²) >= 11 is 1.42. The van der Waals surface area contributed by atoms with Gasteiger partial charge in [-0.3, -0.25) is 14.9 Å². The number of nitrogens with two attached hydrogens (primary N) is 1. The van der Waals surface area contributed by atoms with Crippen molar-refractivity contribution in [2.45, 2.75) is 42.9 Å². The number of hydrogen-bond acceptors (Lipinski definition) is 5. The molecule has 1 heterocycles. The van der Waals surface area contributed by atoms with Crippen molar-refractivity contribution in [2.24, 2.45) is 11.7 Å². The van der Waals surface area contributed by atoms with Gasteiger partial charge in [-0.05, 0) is 37.8 Å². The zero-order valence-electron chi connectivity index (χ0n) is 13.9. The Balaban J connectivity index is 0.00000288. The Hall–Kier alpha value is -1.31. The molecule has 3 unspecified atom stereocenters. The Morgan fingerprint density at radius 1 is 1.46 bits per heavy atom. The van der Waals surface area contributed by atoms with E-state index in [2.05, 4.69) is 6.92 Å². The third kappa shape index (κ3) is 5.09. The summed E-state index contributed by atoms with van der Waals surface area (Å²) in [7, 11) is 0. The third-order valence-corrected chi connectivity index (χ3v) is 5.34. The molecule has 0 aromatic heterocycles. The summed E-state index contributed by atoms with van der Waals surface area (Å²) in [5.41, 5.74) is 5.88. The molecule has 0 aliphatic carbocycles. The van der Waals surface area contributed by atoms with E-state index in [4.69, 9.17) is 5.73 Å². The van der Waals surface area contributed by atoms with Crippen molar-refractivity contribution in [3.63, 3.8) is 0 Å². The molecule has 2 N–H and O–H groups in total. The first-order valence-electron chi connectivity index (χ1n) is 7.84. The minimum Gasteiger partial charge on any atom is -0.337 e. The number of hydrogen-bond donors (Lipinski definition) is 1. The highest BCUT2D eigenvalue weighted by Crippen LogP contribution is 2.29. The maximum atomic E-state index is 12.7. The van der Waals surface area contributed by atoms with Crippen LogP contribution in [0.15, 0.2) is 29.2 Å². The standard InChI is InChI=1S/C16H23N3O3S.ClH/c1-11-7-8-18(14(9-11)10-17)16(20)12(2)23-15-5-3-13(4-6-15)19(21)22;/h3-6,11-12,14H,7-10,17H2,1-2H3;1H. The van der Waals surface area contributed by atoms with Gasteiger partial charge in [-0.15, -0.1) is 24.2 Å². The number of nitro groups is 1. The number of nitrogens with zero attached hydrogens (tertiary/aromatic N) is 2. The number of amides is 1. The minimum absolute atomic E-state index is 0. The first-order chi connectivity index (χ1) is 10.9. The van der Waals surface area contributed by atoms with Crippen molar-refractivity contribution in [3.8, 4) is 0 Å². The molecule has 0 radical (unpaired) electrons. The SMILES string of the molecule is CC1CCN(C(=O)C(C)Sc2ccc([N+](=O)[O-])cc2)C(CN)C1.Cl. The van der Waals surface area contributed by atoms with Crippen LogP contribution in [-0.2, 0) is 4.79 Å². The van der Waals surface area contributed by atoms with Gasteiger partial charge in [0.05, 0.1) is 10.2 Å². The van der Waals surface area contributed by atoms with Crippen LogP contribution in [0.4, 0.5) is 5.69 Å². The summed E-state index contributed by atoms with van der Waals surface area (Å²) in [6.07, 6.45) is 1.97. The Labute approximate surface area is 152 Å².